The lowest BCUT2D eigenvalue weighted by atomic mass is 9.80. The molecule has 4 heteroatoms. The molecule has 176 valence electrons. The molecule has 3 rings (SSSR count). The van der Waals surface area contributed by atoms with Crippen LogP contribution in [0.4, 0.5) is 5.69 Å². The number of fused-ring (bicyclic) bond motifs is 1. The van der Waals surface area contributed by atoms with Crippen LogP contribution in [0.2, 0.25) is 0 Å². The highest BCUT2D eigenvalue weighted by Crippen LogP contribution is 2.47. The Hall–Kier alpha value is -2.72. The van der Waals surface area contributed by atoms with Gasteiger partial charge in [0.25, 0.3) is 0 Å². The van der Waals surface area contributed by atoms with Crippen LogP contribution in [0, 0.1) is 5.92 Å². The van der Waals surface area contributed by atoms with Gasteiger partial charge in [-0.25, -0.2) is 0 Å². The van der Waals surface area contributed by atoms with Crippen molar-refractivity contribution in [3.63, 3.8) is 0 Å². The van der Waals surface area contributed by atoms with E-state index in [9.17, 15) is 4.79 Å². The number of rotatable bonds is 14. The fourth-order valence-electron chi connectivity index (χ4n) is 5.36. The summed E-state index contributed by atoms with van der Waals surface area (Å²) in [6.07, 6.45) is 13.0. The number of anilines is 1. The van der Waals surface area contributed by atoms with E-state index in [0.29, 0.717) is 17.9 Å². The highest BCUT2D eigenvalue weighted by molar-refractivity contribution is 5.79. The van der Waals surface area contributed by atoms with Crippen LogP contribution in [-0.2, 0) is 6.42 Å². The fourth-order valence-corrected chi connectivity index (χ4v) is 5.36. The first kappa shape index (κ1) is 24.9. The smallest absolute Gasteiger partial charge is 0.150 e. The first-order valence-corrected chi connectivity index (χ1v) is 12.3. The monoisotopic (exact) mass is 445 g/mol. The van der Waals surface area contributed by atoms with E-state index < -0.39 is 0 Å². The molecule has 0 amide bonds. The topological polar surface area (TPSA) is 36.4 Å². The minimum atomic E-state index is 0.381. The minimum absolute atomic E-state index is 0.381. The predicted octanol–water partition coefficient (Wildman–Crippen LogP) is 5.91. The minimum Gasteiger partial charge on any atom is -0.366 e. The Morgan fingerprint density at radius 3 is 2.61 bits per heavy atom. The summed E-state index contributed by atoms with van der Waals surface area (Å²) in [7, 11) is 0. The van der Waals surface area contributed by atoms with Crippen LogP contribution in [-0.4, -0.2) is 48.4 Å². The number of benzene rings is 1. The molecular formula is C29H39N3O. The molecule has 1 aliphatic heterocycles. The standard InChI is InChI=1S/C29H39N3O/c1-5-8-23(4)29-26-11-10-25(22-33)21-28(26)32(27(29)9-6-2)20-19-31(17-7-3)18-14-24-12-15-30-16-13-24/h6-7,10-13,15-16,21-23,27,29H,2-3,5,8-9,14,17-20H2,1,4H3. The molecule has 0 saturated carbocycles. The zero-order valence-corrected chi connectivity index (χ0v) is 20.3. The van der Waals surface area contributed by atoms with Crippen molar-refractivity contribution < 1.29 is 4.79 Å². The zero-order chi connectivity index (χ0) is 23.6. The van der Waals surface area contributed by atoms with Gasteiger partial charge in [0.1, 0.15) is 6.29 Å². The van der Waals surface area contributed by atoms with Crippen molar-refractivity contribution in [3.05, 3.63) is 84.7 Å². The van der Waals surface area contributed by atoms with Gasteiger partial charge in [0, 0.05) is 61.8 Å². The molecule has 4 nitrogen and oxygen atoms in total. The van der Waals surface area contributed by atoms with Gasteiger partial charge in [0.05, 0.1) is 0 Å². The van der Waals surface area contributed by atoms with E-state index in [1.807, 2.05) is 24.5 Å². The van der Waals surface area contributed by atoms with Crippen LogP contribution in [0.15, 0.2) is 68.0 Å². The second-order valence-corrected chi connectivity index (χ2v) is 9.21. The Kier molecular flexibility index (Phi) is 9.44. The molecule has 0 aliphatic carbocycles. The maximum absolute atomic E-state index is 11.6. The SMILES string of the molecule is C=CCC1C(C(C)CCC)c2ccc(C=O)cc2N1CCN(CC=C)CCc1ccncc1. The molecule has 0 bridgehead atoms. The van der Waals surface area contributed by atoms with E-state index in [1.54, 1.807) is 0 Å². The van der Waals surface area contributed by atoms with E-state index in [1.165, 1.54) is 29.7 Å². The van der Waals surface area contributed by atoms with Crippen molar-refractivity contribution in [2.45, 2.75) is 51.5 Å². The molecule has 0 radical (unpaired) electrons. The van der Waals surface area contributed by atoms with Gasteiger partial charge in [-0.05, 0) is 48.1 Å². The predicted molar refractivity (Wildman–Crippen MR) is 139 cm³/mol. The van der Waals surface area contributed by atoms with E-state index >= 15 is 0 Å². The van der Waals surface area contributed by atoms with Crippen LogP contribution in [0.1, 0.15) is 60.5 Å². The van der Waals surface area contributed by atoms with E-state index in [2.05, 4.69) is 72.1 Å². The maximum atomic E-state index is 11.6. The van der Waals surface area contributed by atoms with Crippen molar-refractivity contribution in [1.29, 1.82) is 0 Å². The molecule has 2 aromatic rings. The highest BCUT2D eigenvalue weighted by Gasteiger charge is 2.40. The molecular weight excluding hydrogens is 406 g/mol. The molecule has 3 atom stereocenters. The maximum Gasteiger partial charge on any atom is 0.150 e. The summed E-state index contributed by atoms with van der Waals surface area (Å²) in [4.78, 5) is 20.7. The summed E-state index contributed by atoms with van der Waals surface area (Å²) in [6.45, 7) is 16.4. The van der Waals surface area contributed by atoms with Gasteiger partial charge in [-0.15, -0.1) is 13.2 Å². The first-order valence-electron chi connectivity index (χ1n) is 12.3. The second-order valence-electron chi connectivity index (χ2n) is 9.21. The Labute approximate surface area is 200 Å². The summed E-state index contributed by atoms with van der Waals surface area (Å²) in [6, 6.07) is 10.8. The Morgan fingerprint density at radius 1 is 1.15 bits per heavy atom. The number of nitrogens with zero attached hydrogens (tertiary/aromatic N) is 3. The summed E-state index contributed by atoms with van der Waals surface area (Å²) in [5.41, 5.74) is 4.67. The number of carbonyl (C=O) groups excluding carboxylic acids is 1. The molecule has 0 N–H and O–H groups in total. The molecule has 33 heavy (non-hydrogen) atoms. The first-order chi connectivity index (χ1) is 16.1. The Bertz CT molecular complexity index is 910. The van der Waals surface area contributed by atoms with Gasteiger partial charge in [0.2, 0.25) is 0 Å². The number of hydrogen-bond donors (Lipinski definition) is 0. The van der Waals surface area contributed by atoms with Crippen LogP contribution in [0.25, 0.3) is 0 Å². The Balaban J connectivity index is 1.81. The van der Waals surface area contributed by atoms with E-state index in [4.69, 9.17) is 0 Å². The van der Waals surface area contributed by atoms with Crippen molar-refractivity contribution in [2.75, 3.05) is 31.1 Å². The largest absolute Gasteiger partial charge is 0.366 e. The van der Waals surface area contributed by atoms with Crippen molar-refractivity contribution in [1.82, 2.24) is 9.88 Å². The van der Waals surface area contributed by atoms with Crippen LogP contribution in [0.5, 0.6) is 0 Å². The van der Waals surface area contributed by atoms with Gasteiger partial charge in [0.15, 0.2) is 0 Å². The summed E-state index contributed by atoms with van der Waals surface area (Å²) in [5, 5.41) is 0. The van der Waals surface area contributed by atoms with Crippen molar-refractivity contribution >= 4 is 12.0 Å². The number of carbonyl (C=O) groups is 1. The van der Waals surface area contributed by atoms with E-state index in [-0.39, 0.29) is 0 Å². The molecule has 2 heterocycles. The molecule has 0 fully saturated rings. The molecule has 1 aliphatic rings. The van der Waals surface area contributed by atoms with Gasteiger partial charge < -0.3 is 4.90 Å². The lowest BCUT2D eigenvalue weighted by Gasteiger charge is -2.34. The van der Waals surface area contributed by atoms with Gasteiger partial charge in [-0.2, -0.15) is 0 Å². The van der Waals surface area contributed by atoms with Crippen LogP contribution < -0.4 is 4.90 Å². The second kappa shape index (κ2) is 12.5. The fraction of sp³-hybridized carbons (Fsp3) is 0.448. The third kappa shape index (κ3) is 6.20. The third-order valence-electron chi connectivity index (χ3n) is 6.95. The van der Waals surface area contributed by atoms with Crippen molar-refractivity contribution in [2.24, 2.45) is 5.92 Å². The van der Waals surface area contributed by atoms with Gasteiger partial charge in [-0.3, -0.25) is 14.7 Å². The van der Waals surface area contributed by atoms with Gasteiger partial charge >= 0.3 is 0 Å². The lowest BCUT2D eigenvalue weighted by molar-refractivity contribution is 0.112. The molecule has 1 aromatic carbocycles. The molecule has 1 aromatic heterocycles. The normalized spacial score (nSPS) is 18.2. The summed E-state index contributed by atoms with van der Waals surface area (Å²) >= 11 is 0. The van der Waals surface area contributed by atoms with Crippen molar-refractivity contribution in [3.8, 4) is 0 Å². The quantitative estimate of drug-likeness (QED) is 0.268. The molecule has 3 unspecified atom stereocenters. The van der Waals surface area contributed by atoms with Crippen LogP contribution >= 0.6 is 0 Å². The number of pyridine rings is 1. The van der Waals surface area contributed by atoms with Crippen LogP contribution in [0.3, 0.4) is 0 Å². The number of aldehydes is 1. The van der Waals surface area contributed by atoms with E-state index in [0.717, 1.165) is 50.9 Å². The molecule has 0 spiro atoms. The summed E-state index contributed by atoms with van der Waals surface area (Å²) < 4.78 is 0. The average molecular weight is 446 g/mol. The Morgan fingerprint density at radius 2 is 1.94 bits per heavy atom. The van der Waals surface area contributed by atoms with Gasteiger partial charge in [-0.1, -0.05) is 51.0 Å². The number of aromatic nitrogens is 1. The lowest BCUT2D eigenvalue weighted by Crippen LogP contribution is -2.41. The number of hydrogen-bond acceptors (Lipinski definition) is 4. The highest BCUT2D eigenvalue weighted by atomic mass is 16.1. The average Bonchev–Trinajstić information content (AvgIpc) is 3.14. The third-order valence-corrected chi connectivity index (χ3v) is 6.95. The molecule has 0 saturated heterocycles. The zero-order valence-electron chi connectivity index (χ0n) is 20.3. The summed E-state index contributed by atoms with van der Waals surface area (Å²) in [5.74, 6) is 1.05.